The molecule has 2 aromatic carbocycles. The number of hydrogen-bond donors (Lipinski definition) is 0. The lowest BCUT2D eigenvalue weighted by molar-refractivity contribution is -0.350. The van der Waals surface area contributed by atoms with E-state index >= 15 is 0 Å². The Morgan fingerprint density at radius 2 is 1.71 bits per heavy atom. The van der Waals surface area contributed by atoms with Crippen LogP contribution in [0.15, 0.2) is 66.3 Å². The molecule has 1 amide bonds. The number of thiocarbonyl (C=S) groups is 1. The van der Waals surface area contributed by atoms with Gasteiger partial charge in [0.2, 0.25) is 0 Å². The van der Waals surface area contributed by atoms with Crippen LogP contribution in [0, 0.1) is 0 Å². The SMILES string of the molecule is C=COON1C(=O)/C(=C\c2ccc(N(C)c3ccc(OC)cc3)cc2)SC1=S. The van der Waals surface area contributed by atoms with Gasteiger partial charge >= 0.3 is 0 Å². The summed E-state index contributed by atoms with van der Waals surface area (Å²) in [7, 11) is 3.63. The highest BCUT2D eigenvalue weighted by molar-refractivity contribution is 8.26. The van der Waals surface area contributed by atoms with Gasteiger partial charge in [-0.1, -0.05) is 35.5 Å². The second-order valence-electron chi connectivity index (χ2n) is 5.66. The zero-order valence-electron chi connectivity index (χ0n) is 15.3. The van der Waals surface area contributed by atoms with Crippen molar-refractivity contribution in [1.82, 2.24) is 5.06 Å². The first-order valence-electron chi connectivity index (χ1n) is 8.23. The summed E-state index contributed by atoms with van der Waals surface area (Å²) in [5.74, 6) is 0.434. The van der Waals surface area contributed by atoms with E-state index in [2.05, 4.69) is 16.4 Å². The topological polar surface area (TPSA) is 51.2 Å². The number of carbonyl (C=O) groups is 1. The Labute approximate surface area is 172 Å². The molecular weight excluding hydrogens is 396 g/mol. The van der Waals surface area contributed by atoms with Gasteiger partial charge in [-0.2, -0.15) is 0 Å². The first kappa shape index (κ1) is 19.9. The maximum absolute atomic E-state index is 12.3. The fourth-order valence-corrected chi connectivity index (χ4v) is 3.62. The largest absolute Gasteiger partial charge is 0.497 e. The lowest BCUT2D eigenvalue weighted by Gasteiger charge is -2.20. The molecule has 1 fully saturated rings. The summed E-state index contributed by atoms with van der Waals surface area (Å²) in [5, 5.41) is 0.916. The van der Waals surface area contributed by atoms with Gasteiger partial charge in [-0.05, 0) is 60.3 Å². The fraction of sp³-hybridized carbons (Fsp3) is 0.100. The van der Waals surface area contributed by atoms with Gasteiger partial charge in [-0.25, -0.2) is 0 Å². The molecule has 1 heterocycles. The molecule has 0 saturated carbocycles. The number of nitrogens with zero attached hydrogens (tertiary/aromatic N) is 2. The number of rotatable bonds is 7. The minimum atomic E-state index is -0.378. The number of amides is 1. The van der Waals surface area contributed by atoms with Crippen molar-refractivity contribution in [2.24, 2.45) is 0 Å². The van der Waals surface area contributed by atoms with E-state index in [4.69, 9.17) is 21.9 Å². The minimum absolute atomic E-state index is 0.258. The van der Waals surface area contributed by atoms with Crippen molar-refractivity contribution < 1.29 is 19.4 Å². The molecule has 6 nitrogen and oxygen atoms in total. The van der Waals surface area contributed by atoms with Crippen molar-refractivity contribution in [2.45, 2.75) is 0 Å². The van der Waals surface area contributed by atoms with Crippen molar-refractivity contribution in [3.05, 3.63) is 71.8 Å². The summed E-state index contributed by atoms with van der Waals surface area (Å²) < 4.78 is 5.45. The van der Waals surface area contributed by atoms with Crippen molar-refractivity contribution in [2.75, 3.05) is 19.1 Å². The lowest BCUT2D eigenvalue weighted by atomic mass is 10.1. The van der Waals surface area contributed by atoms with E-state index in [1.165, 1.54) is 0 Å². The minimum Gasteiger partial charge on any atom is -0.497 e. The van der Waals surface area contributed by atoms with E-state index in [-0.39, 0.29) is 10.2 Å². The quantitative estimate of drug-likeness (QED) is 0.214. The normalized spacial score (nSPS) is 15.1. The van der Waals surface area contributed by atoms with Crippen molar-refractivity contribution in [3.63, 3.8) is 0 Å². The van der Waals surface area contributed by atoms with Crippen LogP contribution in [0.4, 0.5) is 11.4 Å². The smallest absolute Gasteiger partial charge is 0.293 e. The Morgan fingerprint density at radius 1 is 1.11 bits per heavy atom. The summed E-state index contributed by atoms with van der Waals surface area (Å²) in [6, 6.07) is 15.6. The Morgan fingerprint density at radius 3 is 2.29 bits per heavy atom. The van der Waals surface area contributed by atoms with Crippen LogP contribution >= 0.6 is 24.0 Å². The monoisotopic (exact) mass is 414 g/mol. The molecule has 28 heavy (non-hydrogen) atoms. The third-order valence-electron chi connectivity index (χ3n) is 3.98. The lowest BCUT2D eigenvalue weighted by Crippen LogP contribution is -2.27. The zero-order chi connectivity index (χ0) is 20.1. The van der Waals surface area contributed by atoms with E-state index in [0.717, 1.165) is 45.8 Å². The molecule has 0 radical (unpaired) electrons. The predicted octanol–water partition coefficient (Wildman–Crippen LogP) is 4.67. The van der Waals surface area contributed by atoms with Crippen LogP contribution in [0.2, 0.25) is 0 Å². The summed E-state index contributed by atoms with van der Waals surface area (Å²) in [4.78, 5) is 24.2. The van der Waals surface area contributed by atoms with E-state index in [0.29, 0.717) is 4.91 Å². The summed E-state index contributed by atoms with van der Waals surface area (Å²) >= 11 is 6.27. The number of carbonyl (C=O) groups excluding carboxylic acids is 1. The summed E-state index contributed by atoms with van der Waals surface area (Å²) in [6.45, 7) is 3.35. The Balaban J connectivity index is 1.73. The molecule has 0 aromatic heterocycles. The van der Waals surface area contributed by atoms with E-state index in [9.17, 15) is 4.79 Å². The number of ether oxygens (including phenoxy) is 1. The van der Waals surface area contributed by atoms with Gasteiger partial charge < -0.3 is 14.5 Å². The average molecular weight is 415 g/mol. The highest BCUT2D eigenvalue weighted by atomic mass is 32.2. The highest BCUT2D eigenvalue weighted by Crippen LogP contribution is 2.33. The van der Waals surface area contributed by atoms with Crippen LogP contribution in [0.5, 0.6) is 5.75 Å². The standard InChI is InChI=1S/C20H18N2O4S2/c1-4-25-26-22-19(23)18(28-20(22)27)13-14-5-7-15(8-6-14)21(2)16-9-11-17(24-3)12-10-16/h4-13H,1H2,2-3H3/b18-13+. The van der Waals surface area contributed by atoms with Gasteiger partial charge in [0.1, 0.15) is 12.0 Å². The zero-order valence-corrected chi connectivity index (χ0v) is 17.0. The molecule has 1 saturated heterocycles. The maximum atomic E-state index is 12.3. The maximum Gasteiger partial charge on any atom is 0.293 e. The van der Waals surface area contributed by atoms with Crippen LogP contribution in [0.3, 0.4) is 0 Å². The van der Waals surface area contributed by atoms with Gasteiger partial charge in [-0.3, -0.25) is 4.79 Å². The molecule has 0 unspecified atom stereocenters. The van der Waals surface area contributed by atoms with Crippen LogP contribution in [0.1, 0.15) is 5.56 Å². The summed E-state index contributed by atoms with van der Waals surface area (Å²) in [5.41, 5.74) is 2.92. The summed E-state index contributed by atoms with van der Waals surface area (Å²) in [6.07, 6.45) is 2.83. The fourth-order valence-electron chi connectivity index (χ4n) is 2.49. The second kappa shape index (κ2) is 8.92. The number of hydrogen-bond acceptors (Lipinski definition) is 7. The van der Waals surface area contributed by atoms with Crippen LogP contribution in [-0.4, -0.2) is 29.4 Å². The van der Waals surface area contributed by atoms with Gasteiger partial charge in [0, 0.05) is 18.4 Å². The van der Waals surface area contributed by atoms with Gasteiger partial charge in [0.15, 0.2) is 4.32 Å². The van der Waals surface area contributed by atoms with Gasteiger partial charge in [0.05, 0.1) is 12.0 Å². The van der Waals surface area contributed by atoms with Crippen molar-refractivity contribution in [1.29, 1.82) is 0 Å². The molecule has 2 aromatic rings. The second-order valence-corrected chi connectivity index (χ2v) is 7.34. The first-order chi connectivity index (χ1) is 13.5. The Kier molecular flexibility index (Phi) is 6.35. The molecule has 0 spiro atoms. The van der Waals surface area contributed by atoms with Crippen molar-refractivity contribution in [3.8, 4) is 5.75 Å². The molecular formula is C20H18N2O4S2. The van der Waals surface area contributed by atoms with Crippen LogP contribution < -0.4 is 9.64 Å². The number of hydroxylamine groups is 2. The number of benzene rings is 2. The molecule has 1 aliphatic heterocycles. The molecule has 144 valence electrons. The molecule has 8 heteroatoms. The third-order valence-corrected chi connectivity index (χ3v) is 5.25. The molecule has 3 rings (SSSR count). The Hall–Kier alpha value is -2.81. The van der Waals surface area contributed by atoms with Gasteiger partial charge in [-0.15, -0.1) is 5.06 Å². The molecule has 0 bridgehead atoms. The van der Waals surface area contributed by atoms with Gasteiger partial charge in [0.25, 0.3) is 5.91 Å². The molecule has 0 aliphatic carbocycles. The number of methoxy groups -OCH3 is 1. The predicted molar refractivity (Wildman–Crippen MR) is 115 cm³/mol. The number of anilines is 2. The van der Waals surface area contributed by atoms with E-state index in [1.54, 1.807) is 13.2 Å². The highest BCUT2D eigenvalue weighted by Gasteiger charge is 2.34. The molecule has 0 N–H and O–H groups in total. The average Bonchev–Trinajstić information content (AvgIpc) is 2.99. The molecule has 0 atom stereocenters. The third kappa shape index (κ3) is 4.36. The molecule has 1 aliphatic rings. The number of thioether (sulfide) groups is 1. The Bertz CT molecular complexity index is 911. The van der Waals surface area contributed by atoms with E-state index in [1.807, 2.05) is 55.6 Å². The first-order valence-corrected chi connectivity index (χ1v) is 9.46. The van der Waals surface area contributed by atoms with Crippen molar-refractivity contribution >= 4 is 51.7 Å². The van der Waals surface area contributed by atoms with Crippen LogP contribution in [-0.2, 0) is 14.7 Å². The van der Waals surface area contributed by atoms with E-state index < -0.39 is 0 Å². The van der Waals surface area contributed by atoms with Crippen LogP contribution in [0.25, 0.3) is 6.08 Å².